The molecule has 3 heteroatoms. The molecular formula is C11H17ClN2. The van der Waals surface area contributed by atoms with Crippen LogP contribution < -0.4 is 5.73 Å². The summed E-state index contributed by atoms with van der Waals surface area (Å²) < 4.78 is 0. The Hall–Kier alpha value is -0.570. The second kappa shape index (κ2) is 5.35. The van der Waals surface area contributed by atoms with E-state index in [1.807, 2.05) is 26.1 Å². The lowest BCUT2D eigenvalue weighted by Crippen LogP contribution is -2.25. The minimum Gasteiger partial charge on any atom is -0.329 e. The van der Waals surface area contributed by atoms with Crippen LogP contribution in [0.5, 0.6) is 0 Å². The normalized spacial score (nSPS) is 10.9. The number of benzene rings is 1. The summed E-state index contributed by atoms with van der Waals surface area (Å²) in [5, 5.41) is 0.872. The molecule has 2 N–H and O–H groups in total. The van der Waals surface area contributed by atoms with Crippen LogP contribution in [0, 0.1) is 6.92 Å². The largest absolute Gasteiger partial charge is 0.329 e. The molecule has 0 saturated heterocycles. The molecule has 78 valence electrons. The first-order chi connectivity index (χ1) is 6.65. The third-order valence-electron chi connectivity index (χ3n) is 2.22. The lowest BCUT2D eigenvalue weighted by molar-refractivity contribution is 0.336. The van der Waals surface area contributed by atoms with Crippen LogP contribution in [0.1, 0.15) is 11.1 Å². The maximum Gasteiger partial charge on any atom is 0.0480 e. The highest BCUT2D eigenvalue weighted by Gasteiger charge is 2.04. The number of halogens is 1. The Balaban J connectivity index is 2.71. The fourth-order valence-electron chi connectivity index (χ4n) is 1.42. The molecule has 0 fully saturated rings. The number of nitrogens with two attached hydrogens (primary N) is 1. The monoisotopic (exact) mass is 212 g/mol. The highest BCUT2D eigenvalue weighted by molar-refractivity contribution is 6.32. The third kappa shape index (κ3) is 2.98. The second-order valence-electron chi connectivity index (χ2n) is 3.57. The highest BCUT2D eigenvalue weighted by atomic mass is 35.5. The first-order valence-corrected chi connectivity index (χ1v) is 5.15. The quantitative estimate of drug-likeness (QED) is 0.828. The van der Waals surface area contributed by atoms with E-state index in [1.54, 1.807) is 0 Å². The molecular weight excluding hydrogens is 196 g/mol. The minimum atomic E-state index is 0.680. The molecule has 1 aromatic carbocycles. The van der Waals surface area contributed by atoms with Gasteiger partial charge in [0.15, 0.2) is 0 Å². The lowest BCUT2D eigenvalue weighted by Gasteiger charge is -2.16. The van der Waals surface area contributed by atoms with E-state index < -0.39 is 0 Å². The molecule has 0 atom stereocenters. The molecule has 0 saturated carbocycles. The van der Waals surface area contributed by atoms with Crippen LogP contribution >= 0.6 is 11.6 Å². The average Bonchev–Trinajstić information content (AvgIpc) is 2.13. The van der Waals surface area contributed by atoms with Crippen molar-refractivity contribution in [2.45, 2.75) is 13.5 Å². The Morgan fingerprint density at radius 1 is 1.43 bits per heavy atom. The average molecular weight is 213 g/mol. The number of aryl methyl sites for hydroxylation is 1. The Kier molecular flexibility index (Phi) is 4.39. The van der Waals surface area contributed by atoms with Crippen molar-refractivity contribution in [3.8, 4) is 0 Å². The SMILES string of the molecule is Cc1cccc(CN(C)CCN)c1Cl. The van der Waals surface area contributed by atoms with Crippen molar-refractivity contribution in [1.82, 2.24) is 4.90 Å². The third-order valence-corrected chi connectivity index (χ3v) is 2.76. The fraction of sp³-hybridized carbons (Fsp3) is 0.455. The number of rotatable bonds is 4. The van der Waals surface area contributed by atoms with Crippen LogP contribution in [0.2, 0.25) is 5.02 Å². The maximum atomic E-state index is 6.18. The molecule has 0 aromatic heterocycles. The Labute approximate surface area is 90.7 Å². The molecule has 0 spiro atoms. The molecule has 0 aliphatic carbocycles. The summed E-state index contributed by atoms with van der Waals surface area (Å²) >= 11 is 6.18. The predicted octanol–water partition coefficient (Wildman–Crippen LogP) is 2.04. The number of likely N-dealkylation sites (N-methyl/N-ethyl adjacent to an activating group) is 1. The van der Waals surface area contributed by atoms with Crippen molar-refractivity contribution in [1.29, 1.82) is 0 Å². The molecule has 1 rings (SSSR count). The van der Waals surface area contributed by atoms with Crippen molar-refractivity contribution in [3.63, 3.8) is 0 Å². The Morgan fingerprint density at radius 2 is 2.14 bits per heavy atom. The predicted molar refractivity (Wildman–Crippen MR) is 61.6 cm³/mol. The molecule has 0 unspecified atom stereocenters. The smallest absolute Gasteiger partial charge is 0.0480 e. The minimum absolute atomic E-state index is 0.680. The second-order valence-corrected chi connectivity index (χ2v) is 3.95. The Bertz CT molecular complexity index is 299. The summed E-state index contributed by atoms with van der Waals surface area (Å²) in [7, 11) is 2.05. The number of hydrogen-bond acceptors (Lipinski definition) is 2. The van der Waals surface area contributed by atoms with Crippen molar-refractivity contribution in [2.24, 2.45) is 5.73 Å². The molecule has 0 amide bonds. The van der Waals surface area contributed by atoms with Gasteiger partial charge in [0.2, 0.25) is 0 Å². The van der Waals surface area contributed by atoms with Crippen LogP contribution in [-0.4, -0.2) is 25.0 Å². The van der Waals surface area contributed by atoms with Crippen LogP contribution in [0.15, 0.2) is 18.2 Å². The van der Waals surface area contributed by atoms with Gasteiger partial charge in [-0.25, -0.2) is 0 Å². The summed E-state index contributed by atoms with van der Waals surface area (Å²) in [5.41, 5.74) is 7.78. The van der Waals surface area contributed by atoms with Crippen LogP contribution in [0.25, 0.3) is 0 Å². The van der Waals surface area contributed by atoms with E-state index in [-0.39, 0.29) is 0 Å². The van der Waals surface area contributed by atoms with Crippen LogP contribution in [0.4, 0.5) is 0 Å². The summed E-state index contributed by atoms with van der Waals surface area (Å²) in [6.07, 6.45) is 0. The number of hydrogen-bond donors (Lipinski definition) is 1. The van der Waals surface area contributed by atoms with E-state index in [2.05, 4.69) is 11.0 Å². The molecule has 0 bridgehead atoms. The van der Waals surface area contributed by atoms with Crippen LogP contribution in [0.3, 0.4) is 0 Å². The van der Waals surface area contributed by atoms with Gasteiger partial charge >= 0.3 is 0 Å². The summed E-state index contributed by atoms with van der Waals surface area (Å²) in [6, 6.07) is 6.12. The van der Waals surface area contributed by atoms with Gasteiger partial charge in [-0.15, -0.1) is 0 Å². The van der Waals surface area contributed by atoms with Gasteiger partial charge in [-0.3, -0.25) is 0 Å². The fourth-order valence-corrected chi connectivity index (χ4v) is 1.61. The molecule has 14 heavy (non-hydrogen) atoms. The standard InChI is InChI=1S/C11H17ClN2/c1-9-4-3-5-10(11(9)12)8-14(2)7-6-13/h3-5H,6-8,13H2,1-2H3. The summed E-state index contributed by atoms with van der Waals surface area (Å²) in [6.45, 7) is 4.46. The van der Waals surface area contributed by atoms with E-state index in [0.29, 0.717) is 6.54 Å². The van der Waals surface area contributed by atoms with Gasteiger partial charge in [0, 0.05) is 24.7 Å². The molecule has 0 aliphatic heterocycles. The van der Waals surface area contributed by atoms with Gasteiger partial charge < -0.3 is 10.6 Å². The lowest BCUT2D eigenvalue weighted by atomic mass is 10.1. The van der Waals surface area contributed by atoms with Gasteiger partial charge in [-0.2, -0.15) is 0 Å². The highest BCUT2D eigenvalue weighted by Crippen LogP contribution is 2.21. The molecule has 1 aromatic rings. The zero-order chi connectivity index (χ0) is 10.6. The molecule has 0 aliphatic rings. The van der Waals surface area contributed by atoms with Crippen molar-refractivity contribution >= 4 is 11.6 Å². The van der Waals surface area contributed by atoms with Crippen molar-refractivity contribution < 1.29 is 0 Å². The van der Waals surface area contributed by atoms with Gasteiger partial charge in [-0.05, 0) is 25.1 Å². The van der Waals surface area contributed by atoms with E-state index in [4.69, 9.17) is 17.3 Å². The molecule has 0 heterocycles. The molecule has 0 radical (unpaired) electrons. The molecule has 2 nitrogen and oxygen atoms in total. The van der Waals surface area contributed by atoms with Gasteiger partial charge in [-0.1, -0.05) is 29.8 Å². The Morgan fingerprint density at radius 3 is 2.79 bits per heavy atom. The van der Waals surface area contributed by atoms with Crippen molar-refractivity contribution in [2.75, 3.05) is 20.1 Å². The summed E-state index contributed by atoms with van der Waals surface area (Å²) in [4.78, 5) is 2.17. The maximum absolute atomic E-state index is 6.18. The first-order valence-electron chi connectivity index (χ1n) is 4.77. The van der Waals surface area contributed by atoms with Crippen LogP contribution in [-0.2, 0) is 6.54 Å². The van der Waals surface area contributed by atoms with Crippen molar-refractivity contribution in [3.05, 3.63) is 34.3 Å². The van der Waals surface area contributed by atoms with Gasteiger partial charge in [0.25, 0.3) is 0 Å². The van der Waals surface area contributed by atoms with E-state index in [9.17, 15) is 0 Å². The van der Waals surface area contributed by atoms with E-state index in [1.165, 1.54) is 5.56 Å². The summed E-state index contributed by atoms with van der Waals surface area (Å²) in [5.74, 6) is 0. The van der Waals surface area contributed by atoms with Gasteiger partial charge in [0.05, 0.1) is 0 Å². The van der Waals surface area contributed by atoms with Gasteiger partial charge in [0.1, 0.15) is 0 Å². The van der Waals surface area contributed by atoms with E-state index in [0.717, 1.165) is 23.7 Å². The number of nitrogens with zero attached hydrogens (tertiary/aromatic N) is 1. The van der Waals surface area contributed by atoms with E-state index >= 15 is 0 Å². The first kappa shape index (κ1) is 11.5. The zero-order valence-corrected chi connectivity index (χ0v) is 9.51. The zero-order valence-electron chi connectivity index (χ0n) is 8.76. The topological polar surface area (TPSA) is 29.3 Å².